The molecule has 1 fully saturated rings. The van der Waals surface area contributed by atoms with Gasteiger partial charge in [0, 0.05) is 17.7 Å². The van der Waals surface area contributed by atoms with Crippen molar-refractivity contribution in [2.75, 3.05) is 5.73 Å². The Labute approximate surface area is 127 Å². The van der Waals surface area contributed by atoms with Gasteiger partial charge in [-0.2, -0.15) is 0 Å². The van der Waals surface area contributed by atoms with Gasteiger partial charge in [0.2, 0.25) is 0 Å². The second-order valence-corrected chi connectivity index (χ2v) is 6.47. The lowest BCUT2D eigenvalue weighted by molar-refractivity contribution is 0.0931. The normalized spacial score (nSPS) is 20.6. The number of carbonyl (C=O) groups excluding carboxylic acids is 1. The molecule has 1 amide bonds. The Morgan fingerprint density at radius 3 is 2.86 bits per heavy atom. The molecule has 0 aromatic heterocycles. The maximum absolute atomic E-state index is 12.3. The van der Waals surface area contributed by atoms with Crippen LogP contribution in [0.3, 0.4) is 0 Å². The van der Waals surface area contributed by atoms with Crippen molar-refractivity contribution in [2.45, 2.75) is 44.4 Å². The zero-order valence-electron chi connectivity index (χ0n) is 12.5. The third-order valence-electron chi connectivity index (χ3n) is 4.33. The van der Waals surface area contributed by atoms with Gasteiger partial charge in [-0.15, -0.1) is 0 Å². The topological polar surface area (TPSA) is 78.9 Å². The van der Waals surface area contributed by atoms with Crippen LogP contribution >= 0.6 is 0 Å². The number of nitrogens with two attached hydrogens (primary N) is 1. The van der Waals surface area contributed by atoms with Crippen LogP contribution in [0.15, 0.2) is 18.2 Å². The van der Waals surface area contributed by atoms with Crippen molar-refractivity contribution in [3.63, 3.8) is 0 Å². The fourth-order valence-corrected chi connectivity index (χ4v) is 3.05. The number of anilines is 1. The maximum Gasteiger partial charge on any atom is 0.273 e. The molecule has 106 valence electrons. The summed E-state index contributed by atoms with van der Waals surface area (Å²) in [5.74, 6) is 2.19. The third kappa shape index (κ3) is 3.41. The van der Waals surface area contributed by atoms with Crippen LogP contribution in [0.4, 0.5) is 5.69 Å². The minimum atomic E-state index is -0.177. The predicted molar refractivity (Wildman–Crippen MR) is 86.9 cm³/mol. The Morgan fingerprint density at radius 2 is 2.29 bits per heavy atom. The number of amides is 1. The maximum atomic E-state index is 12.3. The Balaban J connectivity index is 2.06. The average molecular weight is 279 g/mol. The molecule has 1 aromatic rings. The van der Waals surface area contributed by atoms with Crippen LogP contribution in [-0.4, -0.2) is 26.5 Å². The quantitative estimate of drug-likeness (QED) is 0.632. The molecule has 6 heteroatoms. The first-order chi connectivity index (χ1) is 9.83. The average Bonchev–Trinajstić information content (AvgIpc) is 2.37. The molecule has 1 aliphatic rings. The molecule has 3 N–H and O–H groups in total. The van der Waals surface area contributed by atoms with E-state index in [1.807, 2.05) is 0 Å². The predicted octanol–water partition coefficient (Wildman–Crippen LogP) is 1.29. The monoisotopic (exact) mass is 279 g/mol. The number of nitrogens with one attached hydrogen (secondary N) is 1. The molecule has 1 atom stereocenters. The summed E-state index contributed by atoms with van der Waals surface area (Å²) in [5.41, 5.74) is 7.22. The lowest BCUT2D eigenvalue weighted by atomic mass is 9.30. The molecule has 1 aliphatic heterocycles. The van der Waals surface area contributed by atoms with E-state index in [9.17, 15) is 4.79 Å². The number of nitrogens with zero attached hydrogens (tertiary/aromatic N) is 1. The summed E-state index contributed by atoms with van der Waals surface area (Å²) in [5, 5.41) is 12.1. The summed E-state index contributed by atoms with van der Waals surface area (Å²) in [7, 11) is 5.64. The lowest BCUT2D eigenvalue weighted by Gasteiger charge is -2.37. The van der Waals surface area contributed by atoms with Gasteiger partial charge in [-0.1, -0.05) is 31.7 Å². The molecule has 1 unspecified atom stereocenters. The Kier molecular flexibility index (Phi) is 4.32. The molecule has 1 heterocycles. The highest BCUT2D eigenvalue weighted by molar-refractivity contribution is 6.70. The molecule has 0 aliphatic carbocycles. The highest BCUT2D eigenvalue weighted by Gasteiger charge is 2.40. The first-order valence-electron chi connectivity index (χ1n) is 7.19. The van der Waals surface area contributed by atoms with Crippen LogP contribution in [0.2, 0.25) is 11.6 Å². The van der Waals surface area contributed by atoms with Crippen molar-refractivity contribution in [1.82, 2.24) is 5.32 Å². The van der Waals surface area contributed by atoms with E-state index in [0.29, 0.717) is 16.7 Å². The van der Waals surface area contributed by atoms with Gasteiger partial charge in [0.25, 0.3) is 12.6 Å². The van der Waals surface area contributed by atoms with E-state index < -0.39 is 0 Å². The molecule has 1 aromatic carbocycles. The minimum Gasteiger partial charge on any atom is -0.398 e. The SMILES string of the molecule is [B]c1ccc(C(=O)NC2CCB(C#N)C(C)(C)C2)c(N)c1. The highest BCUT2D eigenvalue weighted by atomic mass is 16.1. The molecule has 0 bridgehead atoms. The third-order valence-corrected chi connectivity index (χ3v) is 4.33. The first kappa shape index (κ1) is 15.5. The number of carbonyl (C=O) groups is 1. The van der Waals surface area contributed by atoms with Crippen molar-refractivity contribution in [1.29, 1.82) is 5.26 Å². The first-order valence-corrected chi connectivity index (χ1v) is 7.19. The van der Waals surface area contributed by atoms with Gasteiger partial charge >= 0.3 is 0 Å². The summed E-state index contributed by atoms with van der Waals surface area (Å²) in [6.07, 6.45) is 2.43. The Morgan fingerprint density at radius 1 is 1.57 bits per heavy atom. The van der Waals surface area contributed by atoms with Gasteiger partial charge < -0.3 is 11.1 Å². The second-order valence-electron chi connectivity index (χ2n) is 6.47. The van der Waals surface area contributed by atoms with E-state index in [1.165, 1.54) is 0 Å². The number of nitriles is 1. The fourth-order valence-electron chi connectivity index (χ4n) is 3.05. The van der Waals surface area contributed by atoms with Crippen LogP contribution in [0.1, 0.15) is 37.0 Å². The van der Waals surface area contributed by atoms with Crippen molar-refractivity contribution >= 4 is 31.6 Å². The highest BCUT2D eigenvalue weighted by Crippen LogP contribution is 2.41. The molecule has 0 spiro atoms. The summed E-state index contributed by atoms with van der Waals surface area (Å²) in [6.45, 7) is 4.21. The van der Waals surface area contributed by atoms with Gasteiger partial charge in [-0.3, -0.25) is 4.79 Å². The molecule has 2 rings (SSSR count). The van der Waals surface area contributed by atoms with E-state index in [-0.39, 0.29) is 24.0 Å². The van der Waals surface area contributed by atoms with E-state index in [0.717, 1.165) is 19.2 Å². The van der Waals surface area contributed by atoms with Crippen molar-refractivity contribution in [3.05, 3.63) is 23.8 Å². The lowest BCUT2D eigenvalue weighted by Crippen LogP contribution is -2.44. The van der Waals surface area contributed by atoms with Gasteiger partial charge in [0.1, 0.15) is 7.85 Å². The summed E-state index contributed by atoms with van der Waals surface area (Å²) in [4.78, 5) is 12.3. The van der Waals surface area contributed by atoms with Crippen LogP contribution < -0.4 is 16.5 Å². The molecule has 1 saturated heterocycles. The molecule has 4 nitrogen and oxygen atoms in total. The smallest absolute Gasteiger partial charge is 0.273 e. The standard InChI is InChI=1S/C15H19B2N3O/c1-15(2)8-11(5-6-17(15)9-18)20-14(21)12-4-3-10(16)7-13(12)19/h3-4,7,11H,5-6,8,19H2,1-2H3,(H,20,21). The summed E-state index contributed by atoms with van der Waals surface area (Å²) in [6, 6.07) is 4.98. The van der Waals surface area contributed by atoms with Gasteiger partial charge in [-0.05, 0) is 30.3 Å². The van der Waals surface area contributed by atoms with Crippen LogP contribution in [0, 0.1) is 11.2 Å². The molecule has 0 saturated carbocycles. The van der Waals surface area contributed by atoms with E-state index in [2.05, 4.69) is 25.1 Å². The largest absolute Gasteiger partial charge is 0.398 e. The molecular weight excluding hydrogens is 260 g/mol. The Hall–Kier alpha value is -1.89. The summed E-state index contributed by atoms with van der Waals surface area (Å²) >= 11 is 0. The van der Waals surface area contributed by atoms with E-state index >= 15 is 0 Å². The second kappa shape index (κ2) is 5.85. The molecular formula is C15H19B2N3O. The van der Waals surface area contributed by atoms with Crippen LogP contribution in [-0.2, 0) is 0 Å². The van der Waals surface area contributed by atoms with E-state index in [4.69, 9.17) is 18.8 Å². The zero-order chi connectivity index (χ0) is 15.6. The summed E-state index contributed by atoms with van der Waals surface area (Å²) < 4.78 is 0. The van der Waals surface area contributed by atoms with Crippen LogP contribution in [0.5, 0.6) is 0 Å². The zero-order valence-corrected chi connectivity index (χ0v) is 12.5. The van der Waals surface area contributed by atoms with Gasteiger partial charge in [0.15, 0.2) is 0 Å². The molecule has 2 radical (unpaired) electrons. The van der Waals surface area contributed by atoms with Gasteiger partial charge in [0.05, 0.1) is 5.56 Å². The van der Waals surface area contributed by atoms with Crippen molar-refractivity contribution in [2.24, 2.45) is 0 Å². The number of benzene rings is 1. The molecule has 21 heavy (non-hydrogen) atoms. The van der Waals surface area contributed by atoms with Crippen LogP contribution in [0.25, 0.3) is 0 Å². The number of hydrogen-bond donors (Lipinski definition) is 2. The van der Waals surface area contributed by atoms with Crippen molar-refractivity contribution < 1.29 is 4.79 Å². The van der Waals surface area contributed by atoms with Gasteiger partial charge in [-0.25, -0.2) is 5.26 Å². The Bertz CT molecular complexity index is 595. The van der Waals surface area contributed by atoms with Crippen molar-refractivity contribution in [3.8, 4) is 5.97 Å². The number of rotatable bonds is 2. The minimum absolute atomic E-state index is 0.0484. The van der Waals surface area contributed by atoms with E-state index in [1.54, 1.807) is 18.2 Å². The number of hydrogen-bond acceptors (Lipinski definition) is 3. The fraction of sp³-hybridized carbons (Fsp3) is 0.467. The number of nitrogen functional groups attached to an aromatic ring is 1.